The van der Waals surface area contributed by atoms with E-state index < -0.39 is 11.2 Å². The number of carbonyl (C=O) groups is 1. The number of pyridine rings is 1. The van der Waals surface area contributed by atoms with Gasteiger partial charge in [0.25, 0.3) is 5.56 Å². The molecule has 0 atom stereocenters. The number of hydrogen-bond donors (Lipinski definition) is 1. The van der Waals surface area contributed by atoms with Crippen LogP contribution in [-0.4, -0.2) is 25.6 Å². The zero-order valence-corrected chi connectivity index (χ0v) is 14.2. The second-order valence-electron chi connectivity index (χ2n) is 6.10. The number of nitrogens with two attached hydrogens (primary N) is 1. The number of para-hydroxylation sites is 2. The summed E-state index contributed by atoms with van der Waals surface area (Å²) in [5, 5.41) is 0.277. The summed E-state index contributed by atoms with van der Waals surface area (Å²) in [6.07, 6.45) is 4.32. The van der Waals surface area contributed by atoms with Crippen LogP contribution in [0.2, 0.25) is 0 Å². The van der Waals surface area contributed by atoms with Crippen LogP contribution in [0.3, 0.4) is 0 Å². The van der Waals surface area contributed by atoms with Crippen LogP contribution in [0.1, 0.15) is 6.42 Å². The number of ketones is 1. The topological polar surface area (TPSA) is 112 Å². The largest absolute Gasteiger partial charge is 0.397 e. The lowest BCUT2D eigenvalue weighted by Crippen LogP contribution is -2.42. The van der Waals surface area contributed by atoms with Crippen LogP contribution in [-0.2, 0) is 11.3 Å². The Balaban J connectivity index is 2.01. The first-order chi connectivity index (χ1) is 13.1. The molecule has 3 aromatic rings. The highest BCUT2D eigenvalue weighted by molar-refractivity contribution is 6.08. The number of aliphatic imine (C=N–C) groups is 1. The molecule has 8 nitrogen and oxygen atoms in total. The summed E-state index contributed by atoms with van der Waals surface area (Å²) in [6.45, 7) is -0.0781. The normalized spacial score (nSPS) is 13.8. The summed E-state index contributed by atoms with van der Waals surface area (Å²) in [4.78, 5) is 46.0. The SMILES string of the molecule is Nc1ccccc1-n1c(=O)n(CC2=NC=CC(=O)C2)c(=O)c2cccnc21. The molecule has 0 bridgehead atoms. The molecule has 0 fully saturated rings. The van der Waals surface area contributed by atoms with Gasteiger partial charge in [0.15, 0.2) is 11.4 Å². The van der Waals surface area contributed by atoms with Crippen molar-refractivity contribution >= 4 is 28.2 Å². The fourth-order valence-electron chi connectivity index (χ4n) is 3.04. The summed E-state index contributed by atoms with van der Waals surface area (Å²) in [6, 6.07) is 10.1. The molecule has 4 rings (SSSR count). The molecule has 0 radical (unpaired) electrons. The Morgan fingerprint density at radius 3 is 2.67 bits per heavy atom. The van der Waals surface area contributed by atoms with Crippen molar-refractivity contribution in [3.63, 3.8) is 0 Å². The van der Waals surface area contributed by atoms with Gasteiger partial charge in [-0.1, -0.05) is 12.1 Å². The lowest BCUT2D eigenvalue weighted by Gasteiger charge is -2.15. The zero-order valence-electron chi connectivity index (χ0n) is 14.2. The molecular weight excluding hydrogens is 346 g/mol. The third-order valence-corrected chi connectivity index (χ3v) is 4.31. The molecule has 0 spiro atoms. The maximum Gasteiger partial charge on any atom is 0.337 e. The van der Waals surface area contributed by atoms with E-state index in [-0.39, 0.29) is 29.8 Å². The van der Waals surface area contributed by atoms with E-state index in [0.29, 0.717) is 17.1 Å². The first kappa shape index (κ1) is 16.6. The van der Waals surface area contributed by atoms with E-state index in [4.69, 9.17) is 5.73 Å². The second kappa shape index (κ2) is 6.49. The molecule has 1 aliphatic heterocycles. The van der Waals surface area contributed by atoms with Crippen LogP contribution in [0.5, 0.6) is 0 Å². The molecule has 0 amide bonds. The van der Waals surface area contributed by atoms with Crippen molar-refractivity contribution in [1.29, 1.82) is 0 Å². The quantitative estimate of drug-likeness (QED) is 0.701. The number of hydrogen-bond acceptors (Lipinski definition) is 6. The van der Waals surface area contributed by atoms with Crippen LogP contribution in [0, 0.1) is 0 Å². The lowest BCUT2D eigenvalue weighted by atomic mass is 10.1. The molecule has 8 heteroatoms. The summed E-state index contributed by atoms with van der Waals surface area (Å²) >= 11 is 0. The van der Waals surface area contributed by atoms with Crippen LogP contribution >= 0.6 is 0 Å². The molecule has 1 aliphatic rings. The number of fused-ring (bicyclic) bond motifs is 1. The average molecular weight is 361 g/mol. The minimum absolute atomic E-state index is 0.0704. The maximum absolute atomic E-state index is 13.2. The molecule has 0 aliphatic carbocycles. The highest BCUT2D eigenvalue weighted by Gasteiger charge is 2.19. The fourth-order valence-corrected chi connectivity index (χ4v) is 3.04. The number of carbonyl (C=O) groups excluding carboxylic acids is 1. The van der Waals surface area contributed by atoms with Gasteiger partial charge in [0.1, 0.15) is 0 Å². The highest BCUT2D eigenvalue weighted by atomic mass is 16.2. The summed E-state index contributed by atoms with van der Waals surface area (Å²) in [7, 11) is 0. The smallest absolute Gasteiger partial charge is 0.337 e. The van der Waals surface area contributed by atoms with Crippen molar-refractivity contribution in [2.24, 2.45) is 4.99 Å². The van der Waals surface area contributed by atoms with E-state index in [1.54, 1.807) is 36.4 Å². The van der Waals surface area contributed by atoms with Crippen LogP contribution in [0.4, 0.5) is 5.69 Å². The predicted octanol–water partition coefficient (Wildman–Crippen LogP) is 1.06. The van der Waals surface area contributed by atoms with Gasteiger partial charge in [0.05, 0.1) is 29.7 Å². The molecule has 3 heterocycles. The van der Waals surface area contributed by atoms with E-state index in [2.05, 4.69) is 9.98 Å². The van der Waals surface area contributed by atoms with Crippen LogP contribution < -0.4 is 17.0 Å². The van der Waals surface area contributed by atoms with E-state index in [9.17, 15) is 14.4 Å². The minimum atomic E-state index is -0.589. The first-order valence-electron chi connectivity index (χ1n) is 8.26. The molecule has 1 aromatic carbocycles. The van der Waals surface area contributed by atoms with Crippen molar-refractivity contribution in [2.45, 2.75) is 13.0 Å². The van der Waals surface area contributed by atoms with E-state index in [1.165, 1.54) is 23.0 Å². The molecule has 2 N–H and O–H groups in total. The van der Waals surface area contributed by atoms with Gasteiger partial charge in [-0.3, -0.25) is 19.1 Å². The monoisotopic (exact) mass is 361 g/mol. The number of aromatic nitrogens is 3. The Kier molecular flexibility index (Phi) is 4.00. The summed E-state index contributed by atoms with van der Waals surface area (Å²) in [5.74, 6) is -0.122. The Hall–Kier alpha value is -3.81. The lowest BCUT2D eigenvalue weighted by molar-refractivity contribution is -0.113. The van der Waals surface area contributed by atoms with E-state index >= 15 is 0 Å². The molecule has 0 saturated heterocycles. The molecule has 0 saturated carbocycles. The van der Waals surface area contributed by atoms with Crippen molar-refractivity contribution < 1.29 is 4.79 Å². The Morgan fingerprint density at radius 1 is 1.07 bits per heavy atom. The predicted molar refractivity (Wildman–Crippen MR) is 102 cm³/mol. The molecule has 27 heavy (non-hydrogen) atoms. The highest BCUT2D eigenvalue weighted by Crippen LogP contribution is 2.18. The van der Waals surface area contributed by atoms with Crippen molar-refractivity contribution in [3.8, 4) is 5.69 Å². The van der Waals surface area contributed by atoms with Crippen LogP contribution in [0.25, 0.3) is 16.7 Å². The number of nitrogens with zero attached hydrogens (tertiary/aromatic N) is 4. The number of rotatable bonds is 3. The number of allylic oxidation sites excluding steroid dienone is 1. The van der Waals surface area contributed by atoms with Crippen molar-refractivity contribution in [2.75, 3.05) is 5.73 Å². The van der Waals surface area contributed by atoms with E-state index in [1.807, 2.05) is 0 Å². The van der Waals surface area contributed by atoms with Gasteiger partial charge in [-0.05, 0) is 30.3 Å². The van der Waals surface area contributed by atoms with E-state index in [0.717, 1.165) is 4.57 Å². The molecule has 0 unspecified atom stereocenters. The number of nitrogen functional groups attached to an aromatic ring is 1. The van der Waals surface area contributed by atoms with Crippen molar-refractivity contribution in [1.82, 2.24) is 14.1 Å². The maximum atomic E-state index is 13.2. The van der Waals surface area contributed by atoms with Gasteiger partial charge in [0.2, 0.25) is 0 Å². The second-order valence-corrected chi connectivity index (χ2v) is 6.10. The third kappa shape index (κ3) is 2.86. The van der Waals surface area contributed by atoms with Gasteiger partial charge in [-0.25, -0.2) is 14.3 Å². The molecule has 134 valence electrons. The summed E-state index contributed by atoms with van der Waals surface area (Å²) < 4.78 is 2.37. The summed E-state index contributed by atoms with van der Waals surface area (Å²) in [5.41, 5.74) is 6.45. The Morgan fingerprint density at radius 2 is 1.89 bits per heavy atom. The van der Waals surface area contributed by atoms with Gasteiger partial charge < -0.3 is 5.73 Å². The van der Waals surface area contributed by atoms with Gasteiger partial charge in [-0.2, -0.15) is 0 Å². The zero-order chi connectivity index (χ0) is 19.0. The van der Waals surface area contributed by atoms with Crippen molar-refractivity contribution in [3.05, 3.63) is 75.7 Å². The number of anilines is 1. The third-order valence-electron chi connectivity index (χ3n) is 4.31. The first-order valence-corrected chi connectivity index (χ1v) is 8.26. The van der Waals surface area contributed by atoms with Gasteiger partial charge in [-0.15, -0.1) is 0 Å². The number of benzene rings is 1. The Bertz CT molecular complexity index is 1250. The average Bonchev–Trinajstić information content (AvgIpc) is 2.67. The standard InChI is InChI=1S/C19H15N5O3/c20-15-5-1-2-6-16(15)24-17-14(4-3-8-22-17)18(26)23(19(24)27)11-12-10-13(25)7-9-21-12/h1-9H,10-11,20H2. The Labute approximate surface area is 152 Å². The van der Waals surface area contributed by atoms with Gasteiger partial charge in [0, 0.05) is 18.1 Å². The minimum Gasteiger partial charge on any atom is -0.397 e. The van der Waals surface area contributed by atoms with Gasteiger partial charge >= 0.3 is 5.69 Å². The molecular formula is C19H15N5O3. The van der Waals surface area contributed by atoms with Crippen LogP contribution in [0.15, 0.2) is 69.5 Å². The molecule has 2 aromatic heterocycles. The fraction of sp³-hybridized carbons (Fsp3) is 0.105.